The van der Waals surface area contributed by atoms with E-state index in [-0.39, 0.29) is 10.8 Å². The number of fused-ring (bicyclic) bond motifs is 2. The summed E-state index contributed by atoms with van der Waals surface area (Å²) in [4.78, 5) is 4.63. The Hall–Kier alpha value is -2.55. The molecule has 0 saturated carbocycles. The Balaban J connectivity index is 1.69. The molecular formula is C23H25NO2. The van der Waals surface area contributed by atoms with Gasteiger partial charge in [-0.2, -0.15) is 0 Å². The fraction of sp³-hybridized carbons (Fsp3) is 0.348. The number of benzene rings is 2. The van der Waals surface area contributed by atoms with Crippen LogP contribution in [-0.4, -0.2) is 4.98 Å². The maximum absolute atomic E-state index is 6.02. The molecule has 0 aliphatic rings. The van der Waals surface area contributed by atoms with Gasteiger partial charge in [0.25, 0.3) is 0 Å². The molecule has 134 valence electrons. The summed E-state index contributed by atoms with van der Waals surface area (Å²) in [5, 5.41) is 1.19. The van der Waals surface area contributed by atoms with Crippen molar-refractivity contribution in [1.82, 2.24) is 4.98 Å². The molecule has 0 saturated heterocycles. The number of nitrogens with zero attached hydrogens (tertiary/aromatic N) is 1. The molecule has 0 aliphatic heterocycles. The van der Waals surface area contributed by atoms with E-state index >= 15 is 0 Å². The molecule has 0 spiro atoms. The smallest absolute Gasteiger partial charge is 0.200 e. The van der Waals surface area contributed by atoms with E-state index in [9.17, 15) is 0 Å². The van der Waals surface area contributed by atoms with Gasteiger partial charge >= 0.3 is 0 Å². The lowest BCUT2D eigenvalue weighted by Gasteiger charge is -2.24. The van der Waals surface area contributed by atoms with Gasteiger partial charge in [0.15, 0.2) is 5.58 Å². The predicted octanol–water partition coefficient (Wildman–Crippen LogP) is 6.39. The molecule has 2 aromatic carbocycles. The van der Waals surface area contributed by atoms with E-state index in [2.05, 4.69) is 69.9 Å². The van der Waals surface area contributed by atoms with Crippen LogP contribution in [-0.2, 0) is 17.3 Å². The van der Waals surface area contributed by atoms with Crippen LogP contribution in [0, 0.1) is 0 Å². The third kappa shape index (κ3) is 2.92. The van der Waals surface area contributed by atoms with Gasteiger partial charge in [-0.15, -0.1) is 0 Å². The second-order valence-electron chi connectivity index (χ2n) is 8.78. The van der Waals surface area contributed by atoms with E-state index in [0.717, 1.165) is 29.0 Å². The molecule has 4 aromatic rings. The first-order valence-corrected chi connectivity index (χ1v) is 9.11. The Bertz CT molecular complexity index is 1080. The largest absolute Gasteiger partial charge is 0.464 e. The fourth-order valence-corrected chi connectivity index (χ4v) is 3.51. The summed E-state index contributed by atoms with van der Waals surface area (Å²) in [6.07, 6.45) is 2.80. The van der Waals surface area contributed by atoms with Crippen LogP contribution in [0.2, 0.25) is 0 Å². The quantitative estimate of drug-likeness (QED) is 0.431. The summed E-state index contributed by atoms with van der Waals surface area (Å²) < 4.78 is 11.8. The average Bonchev–Trinajstić information content (AvgIpc) is 3.18. The van der Waals surface area contributed by atoms with Gasteiger partial charge in [-0.1, -0.05) is 58.9 Å². The topological polar surface area (TPSA) is 39.2 Å². The Morgan fingerprint density at radius 1 is 0.923 bits per heavy atom. The zero-order chi connectivity index (χ0) is 18.5. The summed E-state index contributed by atoms with van der Waals surface area (Å²) in [6, 6.07) is 14.6. The van der Waals surface area contributed by atoms with E-state index in [1.54, 1.807) is 0 Å². The molecule has 0 bridgehead atoms. The Morgan fingerprint density at radius 2 is 1.69 bits per heavy atom. The molecule has 3 nitrogen and oxygen atoms in total. The summed E-state index contributed by atoms with van der Waals surface area (Å²) in [5.74, 6) is 0.782. The van der Waals surface area contributed by atoms with Crippen molar-refractivity contribution < 1.29 is 8.83 Å². The zero-order valence-corrected chi connectivity index (χ0v) is 16.1. The highest BCUT2D eigenvalue weighted by atomic mass is 16.3. The maximum atomic E-state index is 6.02. The minimum atomic E-state index is -0.0891. The van der Waals surface area contributed by atoms with Crippen LogP contribution >= 0.6 is 0 Å². The van der Waals surface area contributed by atoms with Crippen molar-refractivity contribution in [3.63, 3.8) is 0 Å². The van der Waals surface area contributed by atoms with Gasteiger partial charge in [0.2, 0.25) is 5.89 Å². The molecule has 2 aromatic heterocycles. The van der Waals surface area contributed by atoms with Gasteiger partial charge in [-0.25, -0.2) is 4.98 Å². The summed E-state index contributed by atoms with van der Waals surface area (Å²) in [6.45, 7) is 10.9. The molecule has 0 radical (unpaired) electrons. The number of furan rings is 1. The lowest BCUT2D eigenvalue weighted by molar-refractivity contribution is 0.410. The zero-order valence-electron chi connectivity index (χ0n) is 16.1. The molecule has 4 rings (SSSR count). The standard InChI is InChI=1S/C23H25NO2/c1-22(2,3)21-24-18-11-10-15(12-20(18)26-21)13-23(4,5)17-14-25-19-9-7-6-8-16(17)19/h6-12,14H,13H2,1-5H3. The average molecular weight is 347 g/mol. The van der Waals surface area contributed by atoms with Crippen molar-refractivity contribution in [3.8, 4) is 0 Å². The van der Waals surface area contributed by atoms with Crippen LogP contribution < -0.4 is 0 Å². The summed E-state index contributed by atoms with van der Waals surface area (Å²) in [7, 11) is 0. The molecular weight excluding hydrogens is 322 g/mol. The van der Waals surface area contributed by atoms with Crippen LogP contribution in [0.1, 0.15) is 51.6 Å². The molecule has 2 heterocycles. The number of hydrogen-bond acceptors (Lipinski definition) is 3. The first-order valence-electron chi connectivity index (χ1n) is 9.11. The van der Waals surface area contributed by atoms with Gasteiger partial charge < -0.3 is 8.83 Å². The van der Waals surface area contributed by atoms with Crippen molar-refractivity contribution in [1.29, 1.82) is 0 Å². The molecule has 26 heavy (non-hydrogen) atoms. The fourth-order valence-electron chi connectivity index (χ4n) is 3.51. The van der Waals surface area contributed by atoms with Crippen LogP contribution in [0.4, 0.5) is 0 Å². The Morgan fingerprint density at radius 3 is 2.46 bits per heavy atom. The highest BCUT2D eigenvalue weighted by molar-refractivity contribution is 5.82. The van der Waals surface area contributed by atoms with Crippen molar-refractivity contribution in [2.45, 2.75) is 51.9 Å². The molecule has 0 aliphatic carbocycles. The minimum Gasteiger partial charge on any atom is -0.464 e. The SMILES string of the molecule is CC(C)(C)c1nc2ccc(CC(C)(C)c3coc4ccccc34)cc2o1. The van der Waals surface area contributed by atoms with Crippen molar-refractivity contribution in [3.05, 3.63) is 65.7 Å². The maximum Gasteiger partial charge on any atom is 0.200 e. The van der Waals surface area contributed by atoms with Gasteiger partial charge in [-0.05, 0) is 35.6 Å². The van der Waals surface area contributed by atoms with Crippen molar-refractivity contribution in [2.75, 3.05) is 0 Å². The Labute approximate surface area is 154 Å². The molecule has 0 atom stereocenters. The minimum absolute atomic E-state index is 0.0485. The van der Waals surface area contributed by atoms with E-state index < -0.39 is 0 Å². The number of oxazole rings is 1. The predicted molar refractivity (Wildman–Crippen MR) is 106 cm³/mol. The number of hydrogen-bond donors (Lipinski definition) is 0. The summed E-state index contributed by atoms with van der Waals surface area (Å²) in [5.41, 5.74) is 5.06. The first kappa shape index (κ1) is 16.9. The monoisotopic (exact) mass is 347 g/mol. The molecule has 0 unspecified atom stereocenters. The van der Waals surface area contributed by atoms with Crippen LogP contribution in [0.15, 0.2) is 57.6 Å². The van der Waals surface area contributed by atoms with E-state index in [1.807, 2.05) is 18.4 Å². The van der Waals surface area contributed by atoms with Crippen LogP contribution in [0.25, 0.3) is 22.1 Å². The van der Waals surface area contributed by atoms with Gasteiger partial charge in [0.05, 0.1) is 6.26 Å². The third-order valence-corrected chi connectivity index (χ3v) is 4.95. The Kier molecular flexibility index (Phi) is 3.72. The van der Waals surface area contributed by atoms with E-state index in [0.29, 0.717) is 0 Å². The lowest BCUT2D eigenvalue weighted by atomic mass is 9.79. The van der Waals surface area contributed by atoms with Crippen LogP contribution in [0.5, 0.6) is 0 Å². The lowest BCUT2D eigenvalue weighted by Crippen LogP contribution is -2.20. The highest BCUT2D eigenvalue weighted by Crippen LogP contribution is 2.35. The van der Waals surface area contributed by atoms with Gasteiger partial charge in [0.1, 0.15) is 11.1 Å². The van der Waals surface area contributed by atoms with Crippen LogP contribution in [0.3, 0.4) is 0 Å². The highest BCUT2D eigenvalue weighted by Gasteiger charge is 2.26. The van der Waals surface area contributed by atoms with Crippen molar-refractivity contribution >= 4 is 22.1 Å². The number of rotatable bonds is 3. The molecule has 0 amide bonds. The summed E-state index contributed by atoms with van der Waals surface area (Å²) >= 11 is 0. The van der Waals surface area contributed by atoms with Crippen molar-refractivity contribution in [2.24, 2.45) is 0 Å². The first-order chi connectivity index (χ1) is 12.2. The third-order valence-electron chi connectivity index (χ3n) is 4.95. The second-order valence-corrected chi connectivity index (χ2v) is 8.78. The normalized spacial score (nSPS) is 13.0. The van der Waals surface area contributed by atoms with Gasteiger partial charge in [0, 0.05) is 16.4 Å². The molecule has 3 heteroatoms. The molecule has 0 N–H and O–H groups in total. The molecule has 0 fully saturated rings. The number of aromatic nitrogens is 1. The number of para-hydroxylation sites is 1. The second kappa shape index (κ2) is 5.73. The van der Waals surface area contributed by atoms with E-state index in [1.165, 1.54) is 16.5 Å². The van der Waals surface area contributed by atoms with Gasteiger partial charge in [-0.3, -0.25) is 0 Å². The van der Waals surface area contributed by atoms with E-state index in [4.69, 9.17) is 8.83 Å².